The molecule has 0 saturated heterocycles. The van der Waals surface area contributed by atoms with E-state index in [2.05, 4.69) is 0 Å². The maximum Gasteiger partial charge on any atom is 0.269 e. The lowest BCUT2D eigenvalue weighted by atomic mass is 9.98. The largest absolute Gasteiger partial charge is 0.323 e. The molecule has 0 radical (unpaired) electrons. The number of nitrogens with zero attached hydrogens (tertiary/aromatic N) is 2. The number of benzene rings is 3. The Balaban J connectivity index is 1.72. The number of carbonyl (C=O) groups excluding carboxylic acids is 1. The van der Waals surface area contributed by atoms with Gasteiger partial charge in [0.2, 0.25) is 0 Å². The van der Waals surface area contributed by atoms with Gasteiger partial charge in [-0.3, -0.25) is 14.9 Å². The number of carbonyl (C=O) groups is 1. The number of hydrogen-bond donors (Lipinski definition) is 0. The number of halogens is 1. The molecule has 1 aliphatic heterocycles. The molecule has 3 aromatic rings. The van der Waals surface area contributed by atoms with Crippen molar-refractivity contribution in [1.29, 1.82) is 0 Å². The third-order valence-corrected chi connectivity index (χ3v) is 4.74. The first-order valence-electron chi connectivity index (χ1n) is 8.43. The summed E-state index contributed by atoms with van der Waals surface area (Å²) >= 11 is 0. The standard InChI is InChI=1S/C21H15FN2O3/c22-16-9-7-15(8-10-16)20-18-3-1-2-4-19(18)21(25)23(20)13-14-5-11-17(12-6-14)24(26)27/h1-12,20H,13H2. The average molecular weight is 362 g/mol. The van der Waals surface area contributed by atoms with Crippen LogP contribution in [0.4, 0.5) is 10.1 Å². The average Bonchev–Trinajstić information content (AvgIpc) is 2.95. The normalized spacial score (nSPS) is 15.7. The first-order valence-corrected chi connectivity index (χ1v) is 8.43. The zero-order chi connectivity index (χ0) is 19.0. The maximum atomic E-state index is 13.4. The molecule has 134 valence electrons. The highest BCUT2D eigenvalue weighted by Crippen LogP contribution is 2.39. The molecule has 27 heavy (non-hydrogen) atoms. The fourth-order valence-corrected chi connectivity index (χ4v) is 3.46. The quantitative estimate of drug-likeness (QED) is 0.508. The van der Waals surface area contributed by atoms with Crippen molar-refractivity contribution < 1.29 is 14.1 Å². The molecule has 1 atom stereocenters. The molecule has 0 aliphatic carbocycles. The van der Waals surface area contributed by atoms with Crippen molar-refractivity contribution in [1.82, 2.24) is 4.90 Å². The first-order chi connectivity index (χ1) is 13.0. The van der Waals surface area contributed by atoms with E-state index in [0.29, 0.717) is 12.1 Å². The fraction of sp³-hybridized carbons (Fsp3) is 0.0952. The van der Waals surface area contributed by atoms with Gasteiger partial charge in [0, 0.05) is 24.2 Å². The van der Waals surface area contributed by atoms with Crippen LogP contribution in [0.15, 0.2) is 72.8 Å². The topological polar surface area (TPSA) is 63.5 Å². The fourth-order valence-electron chi connectivity index (χ4n) is 3.46. The lowest BCUT2D eigenvalue weighted by Gasteiger charge is -2.26. The van der Waals surface area contributed by atoms with Gasteiger partial charge in [-0.1, -0.05) is 42.5 Å². The van der Waals surface area contributed by atoms with Gasteiger partial charge in [0.15, 0.2) is 0 Å². The molecule has 1 unspecified atom stereocenters. The molecule has 0 bridgehead atoms. The van der Waals surface area contributed by atoms with Crippen LogP contribution in [-0.4, -0.2) is 15.7 Å². The number of non-ortho nitro benzene ring substituents is 1. The highest BCUT2D eigenvalue weighted by atomic mass is 19.1. The van der Waals surface area contributed by atoms with Crippen molar-refractivity contribution >= 4 is 11.6 Å². The summed E-state index contributed by atoms with van der Waals surface area (Å²) in [7, 11) is 0. The van der Waals surface area contributed by atoms with Crippen LogP contribution in [0.2, 0.25) is 0 Å². The number of rotatable bonds is 4. The monoisotopic (exact) mass is 362 g/mol. The van der Waals surface area contributed by atoms with E-state index >= 15 is 0 Å². The van der Waals surface area contributed by atoms with Gasteiger partial charge in [-0.25, -0.2) is 4.39 Å². The second-order valence-corrected chi connectivity index (χ2v) is 6.40. The zero-order valence-corrected chi connectivity index (χ0v) is 14.2. The predicted molar refractivity (Wildman–Crippen MR) is 97.7 cm³/mol. The van der Waals surface area contributed by atoms with Crippen molar-refractivity contribution in [2.45, 2.75) is 12.6 Å². The lowest BCUT2D eigenvalue weighted by molar-refractivity contribution is -0.384. The predicted octanol–water partition coefficient (Wildman–Crippen LogP) is 4.48. The Morgan fingerprint density at radius 1 is 0.963 bits per heavy atom. The van der Waals surface area contributed by atoms with E-state index in [1.54, 1.807) is 35.2 Å². The van der Waals surface area contributed by atoms with Crippen LogP contribution in [0.5, 0.6) is 0 Å². The van der Waals surface area contributed by atoms with Gasteiger partial charge in [-0.15, -0.1) is 0 Å². The van der Waals surface area contributed by atoms with Crippen LogP contribution < -0.4 is 0 Å². The molecule has 0 saturated carbocycles. The second-order valence-electron chi connectivity index (χ2n) is 6.40. The number of nitro groups is 1. The van der Waals surface area contributed by atoms with E-state index in [-0.39, 0.29) is 23.5 Å². The third-order valence-electron chi connectivity index (χ3n) is 4.74. The van der Waals surface area contributed by atoms with E-state index < -0.39 is 4.92 Å². The lowest BCUT2D eigenvalue weighted by Crippen LogP contribution is -2.28. The van der Waals surface area contributed by atoms with E-state index in [1.165, 1.54) is 24.3 Å². The van der Waals surface area contributed by atoms with Crippen LogP contribution in [0.1, 0.15) is 33.1 Å². The Bertz CT molecular complexity index is 1020. The van der Waals surface area contributed by atoms with Gasteiger partial charge < -0.3 is 4.90 Å². The Morgan fingerprint density at radius 2 is 1.63 bits per heavy atom. The van der Waals surface area contributed by atoms with Gasteiger partial charge in [-0.05, 0) is 34.9 Å². The molecule has 4 rings (SSSR count). The molecule has 0 fully saturated rings. The number of fused-ring (bicyclic) bond motifs is 1. The molecule has 3 aromatic carbocycles. The molecular formula is C21H15FN2O3. The van der Waals surface area contributed by atoms with Crippen LogP contribution in [0.25, 0.3) is 0 Å². The molecule has 1 amide bonds. The van der Waals surface area contributed by atoms with E-state index in [0.717, 1.165) is 16.7 Å². The van der Waals surface area contributed by atoms with Gasteiger partial charge in [0.1, 0.15) is 5.82 Å². The number of nitro benzene ring substituents is 1. The zero-order valence-electron chi connectivity index (χ0n) is 14.2. The SMILES string of the molecule is O=C1c2ccccc2C(c2ccc(F)cc2)N1Cc1ccc([N+](=O)[O-])cc1. The Labute approximate surface area is 154 Å². The highest BCUT2D eigenvalue weighted by molar-refractivity contribution is 5.99. The summed E-state index contributed by atoms with van der Waals surface area (Å²) in [6, 6.07) is 19.3. The van der Waals surface area contributed by atoms with Crippen LogP contribution in [0, 0.1) is 15.9 Å². The molecule has 5 nitrogen and oxygen atoms in total. The summed E-state index contributed by atoms with van der Waals surface area (Å²) in [5.74, 6) is -0.448. The molecular weight excluding hydrogens is 347 g/mol. The second kappa shape index (κ2) is 6.64. The van der Waals surface area contributed by atoms with Crippen LogP contribution >= 0.6 is 0 Å². The minimum absolute atomic E-state index is 0.00451. The van der Waals surface area contributed by atoms with Gasteiger partial charge in [-0.2, -0.15) is 0 Å². The van der Waals surface area contributed by atoms with Crippen LogP contribution in [-0.2, 0) is 6.54 Å². The minimum Gasteiger partial charge on any atom is -0.323 e. The van der Waals surface area contributed by atoms with Crippen LogP contribution in [0.3, 0.4) is 0 Å². The third kappa shape index (κ3) is 3.06. The summed E-state index contributed by atoms with van der Waals surface area (Å²) in [5.41, 5.74) is 3.10. The van der Waals surface area contributed by atoms with Gasteiger partial charge in [0.05, 0.1) is 11.0 Å². The Hall–Kier alpha value is -3.54. The minimum atomic E-state index is -0.456. The number of amides is 1. The van der Waals surface area contributed by atoms with Crippen molar-refractivity contribution in [3.8, 4) is 0 Å². The summed E-state index contributed by atoms with van der Waals surface area (Å²) in [6.07, 6.45) is 0. The molecule has 6 heteroatoms. The number of hydrogen-bond acceptors (Lipinski definition) is 3. The van der Waals surface area contributed by atoms with Gasteiger partial charge >= 0.3 is 0 Å². The summed E-state index contributed by atoms with van der Waals surface area (Å²) < 4.78 is 13.4. The first kappa shape index (κ1) is 16.9. The van der Waals surface area contributed by atoms with Crippen molar-refractivity contribution in [2.24, 2.45) is 0 Å². The Morgan fingerprint density at radius 3 is 2.30 bits per heavy atom. The van der Waals surface area contributed by atoms with Crippen molar-refractivity contribution in [3.05, 3.63) is 111 Å². The molecule has 0 N–H and O–H groups in total. The maximum absolute atomic E-state index is 13.4. The molecule has 0 spiro atoms. The summed E-state index contributed by atoms with van der Waals surface area (Å²) in [5, 5.41) is 10.8. The van der Waals surface area contributed by atoms with Crippen molar-refractivity contribution in [3.63, 3.8) is 0 Å². The highest BCUT2D eigenvalue weighted by Gasteiger charge is 2.37. The van der Waals surface area contributed by atoms with Gasteiger partial charge in [0.25, 0.3) is 11.6 Å². The van der Waals surface area contributed by atoms with E-state index in [9.17, 15) is 19.3 Å². The summed E-state index contributed by atoms with van der Waals surface area (Å²) in [4.78, 5) is 25.1. The van der Waals surface area contributed by atoms with E-state index in [1.807, 2.05) is 18.2 Å². The smallest absolute Gasteiger partial charge is 0.269 e. The summed E-state index contributed by atoms with van der Waals surface area (Å²) in [6.45, 7) is 0.299. The molecule has 1 aliphatic rings. The molecule has 0 aromatic heterocycles. The van der Waals surface area contributed by atoms with Crippen molar-refractivity contribution in [2.75, 3.05) is 0 Å². The Kier molecular flexibility index (Phi) is 4.16. The van der Waals surface area contributed by atoms with E-state index in [4.69, 9.17) is 0 Å². The molecule has 1 heterocycles.